The molecule has 5 aromatic rings. The molecule has 0 radical (unpaired) electrons. The summed E-state index contributed by atoms with van der Waals surface area (Å²) >= 11 is 10.7. The first-order valence-corrected chi connectivity index (χ1v) is 14.0. The topological polar surface area (TPSA) is 56.5 Å². The lowest BCUT2D eigenvalue weighted by Gasteiger charge is -2.13. The second-order valence-electron chi connectivity index (χ2n) is 8.89. The van der Waals surface area contributed by atoms with Gasteiger partial charge in [0.2, 0.25) is 0 Å². The van der Waals surface area contributed by atoms with Crippen LogP contribution in [-0.2, 0) is 6.61 Å². The van der Waals surface area contributed by atoms with E-state index in [2.05, 4.69) is 77.2 Å². The number of nitrogens with zero attached hydrogens (tertiary/aromatic N) is 3. The van der Waals surface area contributed by atoms with Gasteiger partial charge in [-0.15, -0.1) is 0 Å². The van der Waals surface area contributed by atoms with Gasteiger partial charge in [-0.3, -0.25) is 4.79 Å². The van der Waals surface area contributed by atoms with E-state index in [1.807, 2.05) is 56.3 Å². The lowest BCUT2D eigenvalue weighted by molar-refractivity contribution is 0.303. The molecule has 0 aliphatic heterocycles. The van der Waals surface area contributed by atoms with Crippen molar-refractivity contribution in [3.8, 4) is 5.75 Å². The summed E-state index contributed by atoms with van der Waals surface area (Å²) in [6.07, 6.45) is 1.66. The van der Waals surface area contributed by atoms with Gasteiger partial charge in [-0.05, 0) is 84.1 Å². The van der Waals surface area contributed by atoms with Gasteiger partial charge in [0.25, 0.3) is 5.56 Å². The molecule has 186 valence electrons. The maximum Gasteiger partial charge on any atom is 0.282 e. The highest BCUT2D eigenvalue weighted by molar-refractivity contribution is 9.11. The smallest absolute Gasteiger partial charge is 0.282 e. The lowest BCUT2D eigenvalue weighted by atomic mass is 10.1. The largest absolute Gasteiger partial charge is 0.487 e. The van der Waals surface area contributed by atoms with Gasteiger partial charge >= 0.3 is 0 Å². The van der Waals surface area contributed by atoms with Crippen molar-refractivity contribution in [2.75, 3.05) is 0 Å². The first-order chi connectivity index (χ1) is 17.8. The van der Waals surface area contributed by atoms with E-state index < -0.39 is 0 Å². The molecule has 37 heavy (non-hydrogen) atoms. The molecule has 0 fully saturated rings. The van der Waals surface area contributed by atoms with E-state index in [0.29, 0.717) is 29.1 Å². The van der Waals surface area contributed by atoms with Crippen molar-refractivity contribution < 1.29 is 4.74 Å². The van der Waals surface area contributed by atoms with Crippen molar-refractivity contribution in [3.05, 3.63) is 114 Å². The molecule has 5 rings (SSSR count). The minimum atomic E-state index is -0.209. The monoisotopic (exact) mass is 681 g/mol. The standard InChI is InChI=1S/C29H22Br3N3O2/c1-17(2)28-34-26-11-10-21(30)14-23(26)29(36)35(28)33-15-18-12-24(31)27(25(32)13-18)37-16-20-8-5-7-19-6-3-4-9-22(19)20/h3-15,17H,16H2,1-2H3. The molecule has 0 aliphatic rings. The van der Waals surface area contributed by atoms with Crippen LogP contribution in [0.3, 0.4) is 0 Å². The van der Waals surface area contributed by atoms with Gasteiger partial charge in [0.1, 0.15) is 18.2 Å². The molecule has 0 saturated heterocycles. The summed E-state index contributed by atoms with van der Waals surface area (Å²) in [6, 6.07) is 23.8. The Hall–Kier alpha value is -2.81. The average Bonchev–Trinajstić information content (AvgIpc) is 2.88. The fraction of sp³-hybridized carbons (Fsp3) is 0.138. The molecule has 0 spiro atoms. The molecular formula is C29H22Br3N3O2. The molecule has 0 atom stereocenters. The fourth-order valence-corrected chi connectivity index (χ4v) is 5.95. The predicted molar refractivity (Wildman–Crippen MR) is 161 cm³/mol. The Morgan fingerprint density at radius 2 is 1.68 bits per heavy atom. The van der Waals surface area contributed by atoms with E-state index in [-0.39, 0.29) is 11.5 Å². The van der Waals surface area contributed by atoms with Crippen LogP contribution in [0.15, 0.2) is 96.1 Å². The van der Waals surface area contributed by atoms with Gasteiger partial charge in [-0.2, -0.15) is 9.78 Å². The Bertz CT molecular complexity index is 1700. The van der Waals surface area contributed by atoms with Crippen LogP contribution in [0.2, 0.25) is 0 Å². The van der Waals surface area contributed by atoms with Crippen molar-refractivity contribution in [1.82, 2.24) is 9.66 Å². The zero-order chi connectivity index (χ0) is 26.1. The highest BCUT2D eigenvalue weighted by Gasteiger charge is 2.14. The first kappa shape index (κ1) is 25.8. The van der Waals surface area contributed by atoms with Crippen molar-refractivity contribution in [1.29, 1.82) is 0 Å². The number of benzene rings is 4. The van der Waals surface area contributed by atoms with Crippen LogP contribution < -0.4 is 10.3 Å². The van der Waals surface area contributed by atoms with Crippen LogP contribution >= 0.6 is 47.8 Å². The van der Waals surface area contributed by atoms with Crippen LogP contribution in [0.4, 0.5) is 0 Å². The van der Waals surface area contributed by atoms with Crippen molar-refractivity contribution in [2.45, 2.75) is 26.4 Å². The zero-order valence-electron chi connectivity index (χ0n) is 20.1. The third kappa shape index (κ3) is 5.42. The maximum absolute atomic E-state index is 13.3. The highest BCUT2D eigenvalue weighted by Crippen LogP contribution is 2.35. The van der Waals surface area contributed by atoms with E-state index in [1.54, 1.807) is 12.3 Å². The molecule has 0 N–H and O–H groups in total. The Labute approximate surface area is 239 Å². The molecule has 0 amide bonds. The van der Waals surface area contributed by atoms with Crippen LogP contribution in [0.5, 0.6) is 5.75 Å². The average molecular weight is 684 g/mol. The van der Waals surface area contributed by atoms with Gasteiger partial charge in [-0.25, -0.2) is 4.98 Å². The van der Waals surface area contributed by atoms with Crippen LogP contribution in [0.25, 0.3) is 21.7 Å². The molecule has 4 aromatic carbocycles. The molecule has 0 bridgehead atoms. The number of hydrogen-bond acceptors (Lipinski definition) is 4. The maximum atomic E-state index is 13.3. The predicted octanol–water partition coefficient (Wildman–Crippen LogP) is 8.42. The van der Waals surface area contributed by atoms with Crippen LogP contribution in [0.1, 0.15) is 36.7 Å². The number of halogens is 3. The number of ether oxygens (including phenoxy) is 1. The van der Waals surface area contributed by atoms with Crippen LogP contribution in [0, 0.1) is 0 Å². The summed E-state index contributed by atoms with van der Waals surface area (Å²) in [5.41, 5.74) is 2.35. The highest BCUT2D eigenvalue weighted by atomic mass is 79.9. The molecule has 0 saturated carbocycles. The van der Waals surface area contributed by atoms with E-state index in [1.165, 1.54) is 15.4 Å². The Morgan fingerprint density at radius 3 is 2.43 bits per heavy atom. The van der Waals surface area contributed by atoms with Crippen molar-refractivity contribution in [2.24, 2.45) is 5.10 Å². The fourth-order valence-electron chi connectivity index (χ4n) is 4.14. The SMILES string of the molecule is CC(C)c1nc2ccc(Br)cc2c(=O)n1N=Cc1cc(Br)c(OCc2cccc3ccccc23)c(Br)c1. The third-order valence-corrected chi connectivity index (χ3v) is 7.62. The molecule has 8 heteroatoms. The van der Waals surface area contributed by atoms with E-state index >= 15 is 0 Å². The van der Waals surface area contributed by atoms with E-state index in [0.717, 1.165) is 24.5 Å². The minimum Gasteiger partial charge on any atom is -0.487 e. The number of aromatic nitrogens is 2. The van der Waals surface area contributed by atoms with E-state index in [4.69, 9.17) is 9.72 Å². The molecule has 0 aliphatic carbocycles. The van der Waals surface area contributed by atoms with Crippen LogP contribution in [-0.4, -0.2) is 15.9 Å². The van der Waals surface area contributed by atoms with Gasteiger partial charge in [0, 0.05) is 10.4 Å². The van der Waals surface area contributed by atoms with E-state index in [9.17, 15) is 4.79 Å². The lowest BCUT2D eigenvalue weighted by Crippen LogP contribution is -2.23. The molecule has 0 unspecified atom stereocenters. The molecular weight excluding hydrogens is 662 g/mol. The summed E-state index contributed by atoms with van der Waals surface area (Å²) in [5.74, 6) is 1.31. The summed E-state index contributed by atoms with van der Waals surface area (Å²) in [7, 11) is 0. The first-order valence-electron chi connectivity index (χ1n) is 11.7. The Morgan fingerprint density at radius 1 is 0.946 bits per heavy atom. The Kier molecular flexibility index (Phi) is 7.60. The van der Waals surface area contributed by atoms with Gasteiger partial charge in [0.15, 0.2) is 0 Å². The number of hydrogen-bond donors (Lipinski definition) is 0. The second kappa shape index (κ2) is 10.9. The third-order valence-electron chi connectivity index (χ3n) is 5.94. The van der Waals surface area contributed by atoms with Crippen molar-refractivity contribution in [3.63, 3.8) is 0 Å². The van der Waals surface area contributed by atoms with Crippen molar-refractivity contribution >= 4 is 75.7 Å². The summed E-state index contributed by atoms with van der Waals surface area (Å²) in [5, 5.41) is 7.40. The van der Waals surface area contributed by atoms with Gasteiger partial charge in [-0.1, -0.05) is 72.2 Å². The summed E-state index contributed by atoms with van der Waals surface area (Å²) < 4.78 is 9.96. The summed E-state index contributed by atoms with van der Waals surface area (Å²) in [4.78, 5) is 18.0. The minimum absolute atomic E-state index is 0.0150. The number of fused-ring (bicyclic) bond motifs is 2. The van der Waals surface area contributed by atoms with Gasteiger partial charge < -0.3 is 4.74 Å². The summed E-state index contributed by atoms with van der Waals surface area (Å²) in [6.45, 7) is 4.42. The normalized spacial score (nSPS) is 11.7. The molecule has 1 aromatic heterocycles. The second-order valence-corrected chi connectivity index (χ2v) is 11.5. The Balaban J connectivity index is 1.45. The quantitative estimate of drug-likeness (QED) is 0.169. The van der Waals surface area contributed by atoms with Gasteiger partial charge in [0.05, 0.1) is 26.1 Å². The zero-order valence-corrected chi connectivity index (χ0v) is 24.8. The molecule has 1 heterocycles. The molecule has 5 nitrogen and oxygen atoms in total. The number of rotatable bonds is 6.